The van der Waals surface area contributed by atoms with E-state index in [0.29, 0.717) is 18.4 Å². The number of hydrogen-bond acceptors (Lipinski definition) is 2. The number of amides is 1. The Kier molecular flexibility index (Phi) is 6.05. The van der Waals surface area contributed by atoms with Crippen LogP contribution in [0.3, 0.4) is 0 Å². The van der Waals surface area contributed by atoms with Crippen LogP contribution in [0, 0.1) is 11.8 Å². The van der Waals surface area contributed by atoms with Crippen molar-refractivity contribution in [3.63, 3.8) is 0 Å². The Bertz CT molecular complexity index is 514. The summed E-state index contributed by atoms with van der Waals surface area (Å²) in [6.45, 7) is 8.94. The third kappa shape index (κ3) is 4.62. The number of para-hydroxylation sites is 1. The van der Waals surface area contributed by atoms with Crippen molar-refractivity contribution < 1.29 is 9.53 Å². The summed E-state index contributed by atoms with van der Waals surface area (Å²) in [5, 5.41) is 0. The Hall–Kier alpha value is -1.77. The highest BCUT2D eigenvalue weighted by molar-refractivity contribution is 5.92. The minimum absolute atomic E-state index is 0.101. The lowest BCUT2D eigenvalue weighted by Gasteiger charge is -2.34. The number of benzene rings is 1. The lowest BCUT2D eigenvalue weighted by molar-refractivity contribution is -0.128. The maximum atomic E-state index is 12.4. The summed E-state index contributed by atoms with van der Waals surface area (Å²) in [6.07, 6.45) is 5.73. The van der Waals surface area contributed by atoms with Crippen molar-refractivity contribution in [2.45, 2.75) is 33.6 Å². The minimum Gasteiger partial charge on any atom is -0.493 e. The normalized spacial score (nSPS) is 22.0. The number of hydrogen-bond donors (Lipinski definition) is 0. The first kappa shape index (κ1) is 16.6. The van der Waals surface area contributed by atoms with E-state index in [1.165, 1.54) is 6.42 Å². The standard InChI is InChI=1S/C19H27NO2/c1-4-11-22-18-8-6-5-7-17(18)9-10-19(21)20-13-15(2)12-16(3)14-20/h5-10,15-16H,4,11-14H2,1-3H3/b10-9+. The summed E-state index contributed by atoms with van der Waals surface area (Å²) in [4.78, 5) is 14.3. The van der Waals surface area contributed by atoms with Crippen LogP contribution in [0.15, 0.2) is 30.3 Å². The molecule has 1 aromatic rings. The first-order valence-electron chi connectivity index (χ1n) is 8.29. The van der Waals surface area contributed by atoms with Gasteiger partial charge < -0.3 is 9.64 Å². The lowest BCUT2D eigenvalue weighted by Crippen LogP contribution is -2.41. The number of nitrogens with zero attached hydrogens (tertiary/aromatic N) is 1. The van der Waals surface area contributed by atoms with Gasteiger partial charge in [0.05, 0.1) is 6.61 Å². The Morgan fingerprint density at radius 3 is 2.64 bits per heavy atom. The molecule has 0 N–H and O–H groups in total. The fourth-order valence-electron chi connectivity index (χ4n) is 3.07. The highest BCUT2D eigenvalue weighted by Crippen LogP contribution is 2.22. The second-order valence-electron chi connectivity index (χ2n) is 6.41. The van der Waals surface area contributed by atoms with Crippen molar-refractivity contribution in [2.75, 3.05) is 19.7 Å². The van der Waals surface area contributed by atoms with Gasteiger partial charge in [-0.3, -0.25) is 4.79 Å². The Balaban J connectivity index is 2.03. The van der Waals surface area contributed by atoms with E-state index in [2.05, 4.69) is 20.8 Å². The summed E-state index contributed by atoms with van der Waals surface area (Å²) in [5.74, 6) is 2.11. The molecule has 2 unspecified atom stereocenters. The van der Waals surface area contributed by atoms with Crippen molar-refractivity contribution in [1.82, 2.24) is 4.90 Å². The smallest absolute Gasteiger partial charge is 0.246 e. The van der Waals surface area contributed by atoms with E-state index in [4.69, 9.17) is 4.74 Å². The quantitative estimate of drug-likeness (QED) is 0.770. The molecule has 0 spiro atoms. The number of rotatable bonds is 5. The van der Waals surface area contributed by atoms with Gasteiger partial charge >= 0.3 is 0 Å². The van der Waals surface area contributed by atoms with Crippen LogP contribution in [0.5, 0.6) is 5.75 Å². The number of carbonyl (C=O) groups is 1. The van der Waals surface area contributed by atoms with Crippen LogP contribution < -0.4 is 4.74 Å². The molecule has 3 heteroatoms. The first-order valence-corrected chi connectivity index (χ1v) is 8.29. The van der Waals surface area contributed by atoms with Crippen molar-refractivity contribution in [2.24, 2.45) is 11.8 Å². The molecule has 1 saturated heterocycles. The molecule has 0 bridgehead atoms. The van der Waals surface area contributed by atoms with Crippen LogP contribution in [0.4, 0.5) is 0 Å². The van der Waals surface area contributed by atoms with Gasteiger partial charge in [0.2, 0.25) is 5.91 Å². The molecule has 2 rings (SSSR count). The van der Waals surface area contributed by atoms with Gasteiger partial charge in [0.15, 0.2) is 0 Å². The Morgan fingerprint density at radius 1 is 1.27 bits per heavy atom. The summed E-state index contributed by atoms with van der Waals surface area (Å²) in [6, 6.07) is 7.85. The SMILES string of the molecule is CCCOc1ccccc1/C=C/C(=O)N1CC(C)CC(C)C1. The molecular weight excluding hydrogens is 274 g/mol. The summed E-state index contributed by atoms with van der Waals surface area (Å²) in [5.41, 5.74) is 0.961. The van der Waals surface area contributed by atoms with E-state index in [1.807, 2.05) is 35.2 Å². The minimum atomic E-state index is 0.101. The molecule has 0 aromatic heterocycles. The van der Waals surface area contributed by atoms with Gasteiger partial charge in [-0.1, -0.05) is 39.0 Å². The predicted molar refractivity (Wildman–Crippen MR) is 90.8 cm³/mol. The maximum absolute atomic E-state index is 12.4. The van der Waals surface area contributed by atoms with Gasteiger partial charge in [0.25, 0.3) is 0 Å². The third-order valence-electron chi connectivity index (χ3n) is 3.97. The Labute approximate surface area is 134 Å². The number of carbonyl (C=O) groups excluding carboxylic acids is 1. The van der Waals surface area contributed by atoms with Crippen molar-refractivity contribution in [3.05, 3.63) is 35.9 Å². The van der Waals surface area contributed by atoms with Crippen molar-refractivity contribution in [3.8, 4) is 5.75 Å². The van der Waals surface area contributed by atoms with Crippen molar-refractivity contribution in [1.29, 1.82) is 0 Å². The molecule has 1 amide bonds. The van der Waals surface area contributed by atoms with Crippen LogP contribution in [-0.2, 0) is 4.79 Å². The largest absolute Gasteiger partial charge is 0.493 e. The van der Waals surface area contributed by atoms with E-state index < -0.39 is 0 Å². The summed E-state index contributed by atoms with van der Waals surface area (Å²) >= 11 is 0. The van der Waals surface area contributed by atoms with E-state index in [0.717, 1.165) is 30.8 Å². The topological polar surface area (TPSA) is 29.5 Å². The number of likely N-dealkylation sites (tertiary alicyclic amines) is 1. The van der Waals surface area contributed by atoms with E-state index >= 15 is 0 Å². The van der Waals surface area contributed by atoms with Gasteiger partial charge in [-0.05, 0) is 36.8 Å². The zero-order valence-corrected chi connectivity index (χ0v) is 13.9. The van der Waals surface area contributed by atoms with Crippen molar-refractivity contribution >= 4 is 12.0 Å². The molecule has 1 fully saturated rings. The monoisotopic (exact) mass is 301 g/mol. The molecule has 3 nitrogen and oxygen atoms in total. The zero-order chi connectivity index (χ0) is 15.9. The molecule has 120 valence electrons. The van der Waals surface area contributed by atoms with Gasteiger partial charge in [0, 0.05) is 24.7 Å². The third-order valence-corrected chi connectivity index (χ3v) is 3.97. The molecule has 0 aliphatic carbocycles. The van der Waals surface area contributed by atoms with Crippen LogP contribution in [-0.4, -0.2) is 30.5 Å². The van der Waals surface area contributed by atoms with E-state index in [1.54, 1.807) is 6.08 Å². The maximum Gasteiger partial charge on any atom is 0.246 e. The fraction of sp³-hybridized carbons (Fsp3) is 0.526. The van der Waals surface area contributed by atoms with Crippen LogP contribution >= 0.6 is 0 Å². The Morgan fingerprint density at radius 2 is 1.95 bits per heavy atom. The van der Waals surface area contributed by atoms with Gasteiger partial charge in [-0.2, -0.15) is 0 Å². The first-order chi connectivity index (χ1) is 10.6. The highest BCUT2D eigenvalue weighted by atomic mass is 16.5. The average Bonchev–Trinajstić information content (AvgIpc) is 2.50. The molecular formula is C19H27NO2. The van der Waals surface area contributed by atoms with Crippen LogP contribution in [0.25, 0.3) is 6.08 Å². The molecule has 2 atom stereocenters. The predicted octanol–water partition coefficient (Wildman–Crippen LogP) is 3.99. The number of piperidine rings is 1. The highest BCUT2D eigenvalue weighted by Gasteiger charge is 2.23. The van der Waals surface area contributed by atoms with E-state index in [-0.39, 0.29) is 5.91 Å². The van der Waals surface area contributed by atoms with Gasteiger partial charge in [-0.25, -0.2) is 0 Å². The van der Waals surface area contributed by atoms with E-state index in [9.17, 15) is 4.79 Å². The summed E-state index contributed by atoms with van der Waals surface area (Å²) < 4.78 is 5.72. The molecule has 0 radical (unpaired) electrons. The molecule has 1 aliphatic rings. The van der Waals surface area contributed by atoms with Crippen LogP contribution in [0.2, 0.25) is 0 Å². The molecule has 22 heavy (non-hydrogen) atoms. The lowest BCUT2D eigenvalue weighted by atomic mass is 9.92. The van der Waals surface area contributed by atoms with Gasteiger partial charge in [0.1, 0.15) is 5.75 Å². The second-order valence-corrected chi connectivity index (χ2v) is 6.41. The number of ether oxygens (including phenoxy) is 1. The molecule has 1 aromatic carbocycles. The molecule has 0 saturated carbocycles. The zero-order valence-electron chi connectivity index (χ0n) is 13.9. The van der Waals surface area contributed by atoms with Gasteiger partial charge in [-0.15, -0.1) is 0 Å². The second kappa shape index (κ2) is 8.02. The molecule has 1 heterocycles. The summed E-state index contributed by atoms with van der Waals surface area (Å²) in [7, 11) is 0. The fourth-order valence-corrected chi connectivity index (χ4v) is 3.07. The molecule has 1 aliphatic heterocycles. The average molecular weight is 301 g/mol. The van der Waals surface area contributed by atoms with Crippen LogP contribution in [0.1, 0.15) is 39.2 Å².